The third kappa shape index (κ3) is 4.97. The highest BCUT2D eigenvalue weighted by Crippen LogP contribution is 2.26. The Morgan fingerprint density at radius 1 is 1.08 bits per heavy atom. The van der Waals surface area contributed by atoms with Crippen molar-refractivity contribution < 1.29 is 24.2 Å². The van der Waals surface area contributed by atoms with Gasteiger partial charge in [-0.2, -0.15) is 0 Å². The van der Waals surface area contributed by atoms with Crippen LogP contribution in [0.3, 0.4) is 0 Å². The van der Waals surface area contributed by atoms with E-state index in [2.05, 4.69) is 5.32 Å². The monoisotopic (exact) mass is 343 g/mol. The zero-order valence-electron chi connectivity index (χ0n) is 14.2. The Kier molecular flexibility index (Phi) is 6.39. The Balaban J connectivity index is 2.25. The number of carboxylic acids is 1. The minimum Gasteiger partial charge on any atom is -0.497 e. The molecule has 6 heteroatoms. The van der Waals surface area contributed by atoms with Gasteiger partial charge in [0, 0.05) is 6.42 Å². The standard InChI is InChI=1S/C19H21NO5/c1-24-14-8-10-17(25-2)15(12-14)19(23)20-16(9-11-18(21)22)13-6-4-3-5-7-13/h3-8,10,12,16H,9,11H2,1-2H3,(H,20,23)(H,21,22). The maximum Gasteiger partial charge on any atom is 0.303 e. The van der Waals surface area contributed by atoms with Crippen LogP contribution in [-0.4, -0.2) is 31.2 Å². The van der Waals surface area contributed by atoms with Crippen LogP contribution >= 0.6 is 0 Å². The Morgan fingerprint density at radius 2 is 1.80 bits per heavy atom. The van der Waals surface area contributed by atoms with Gasteiger partial charge in [-0.25, -0.2) is 0 Å². The van der Waals surface area contributed by atoms with Gasteiger partial charge in [0.1, 0.15) is 11.5 Å². The second-order valence-electron chi connectivity index (χ2n) is 5.44. The molecular formula is C19H21NO5. The topological polar surface area (TPSA) is 84.9 Å². The fraction of sp³-hybridized carbons (Fsp3) is 0.263. The SMILES string of the molecule is COc1ccc(OC)c(C(=O)NC(CCC(=O)O)c2ccccc2)c1. The molecule has 0 bridgehead atoms. The van der Waals surface area contributed by atoms with E-state index in [0.717, 1.165) is 5.56 Å². The van der Waals surface area contributed by atoms with Crippen molar-refractivity contribution in [3.63, 3.8) is 0 Å². The average Bonchev–Trinajstić information content (AvgIpc) is 2.64. The van der Waals surface area contributed by atoms with Gasteiger partial charge in [-0.1, -0.05) is 30.3 Å². The van der Waals surface area contributed by atoms with E-state index in [9.17, 15) is 9.59 Å². The molecule has 0 spiro atoms. The lowest BCUT2D eigenvalue weighted by molar-refractivity contribution is -0.137. The number of ether oxygens (including phenoxy) is 2. The fourth-order valence-electron chi connectivity index (χ4n) is 2.50. The molecule has 0 saturated heterocycles. The maximum atomic E-state index is 12.7. The van der Waals surface area contributed by atoms with Crippen molar-refractivity contribution in [3.8, 4) is 11.5 Å². The molecule has 0 aromatic heterocycles. The van der Waals surface area contributed by atoms with Crippen LogP contribution in [0.1, 0.15) is 34.8 Å². The number of rotatable bonds is 8. The number of carbonyl (C=O) groups excluding carboxylic acids is 1. The lowest BCUT2D eigenvalue weighted by atomic mass is 10.0. The van der Waals surface area contributed by atoms with E-state index in [1.807, 2.05) is 30.3 Å². The number of aliphatic carboxylic acids is 1. The van der Waals surface area contributed by atoms with E-state index in [1.165, 1.54) is 14.2 Å². The number of nitrogens with one attached hydrogen (secondary N) is 1. The van der Waals surface area contributed by atoms with Gasteiger partial charge in [-0.05, 0) is 30.2 Å². The molecule has 1 unspecified atom stereocenters. The van der Waals surface area contributed by atoms with Gasteiger partial charge in [0.05, 0.1) is 25.8 Å². The largest absolute Gasteiger partial charge is 0.497 e. The van der Waals surface area contributed by atoms with Crippen LogP contribution in [0.15, 0.2) is 48.5 Å². The van der Waals surface area contributed by atoms with Gasteiger partial charge in [-0.15, -0.1) is 0 Å². The first-order valence-electron chi connectivity index (χ1n) is 7.84. The summed E-state index contributed by atoms with van der Waals surface area (Å²) in [6.07, 6.45) is 0.243. The zero-order valence-corrected chi connectivity index (χ0v) is 14.2. The Bertz CT molecular complexity index is 730. The number of carbonyl (C=O) groups is 2. The first-order valence-corrected chi connectivity index (χ1v) is 7.84. The Morgan fingerprint density at radius 3 is 2.40 bits per heavy atom. The number of hydrogen-bond donors (Lipinski definition) is 2. The molecule has 2 N–H and O–H groups in total. The second kappa shape index (κ2) is 8.73. The van der Waals surface area contributed by atoms with Crippen molar-refractivity contribution in [1.82, 2.24) is 5.32 Å². The first kappa shape index (κ1) is 18.3. The average molecular weight is 343 g/mol. The number of amides is 1. The lowest BCUT2D eigenvalue weighted by Crippen LogP contribution is -2.29. The highest BCUT2D eigenvalue weighted by atomic mass is 16.5. The van der Waals surface area contributed by atoms with E-state index >= 15 is 0 Å². The molecule has 0 aliphatic carbocycles. The molecule has 2 rings (SSSR count). The van der Waals surface area contributed by atoms with Gasteiger partial charge in [0.15, 0.2) is 0 Å². The van der Waals surface area contributed by atoms with Crippen molar-refractivity contribution >= 4 is 11.9 Å². The Labute approximate surface area is 146 Å². The number of methoxy groups -OCH3 is 2. The molecule has 0 aliphatic heterocycles. The summed E-state index contributed by atoms with van der Waals surface area (Å²) in [6, 6.07) is 13.8. The molecule has 2 aromatic carbocycles. The molecular weight excluding hydrogens is 322 g/mol. The van der Waals surface area contributed by atoms with Gasteiger partial charge >= 0.3 is 5.97 Å². The second-order valence-corrected chi connectivity index (χ2v) is 5.44. The minimum atomic E-state index is -0.908. The van der Waals surface area contributed by atoms with Crippen LogP contribution in [0.2, 0.25) is 0 Å². The van der Waals surface area contributed by atoms with Crippen LogP contribution in [0, 0.1) is 0 Å². The molecule has 0 aliphatic rings. The fourth-order valence-corrected chi connectivity index (χ4v) is 2.50. The summed E-state index contributed by atoms with van der Waals surface area (Å²) in [4.78, 5) is 23.7. The normalized spacial score (nSPS) is 11.4. The summed E-state index contributed by atoms with van der Waals surface area (Å²) in [6.45, 7) is 0. The molecule has 1 atom stereocenters. The van der Waals surface area contributed by atoms with Crippen molar-refractivity contribution in [3.05, 3.63) is 59.7 Å². The molecule has 0 radical (unpaired) electrons. The predicted octanol–water partition coefficient (Wildman–Crippen LogP) is 3.04. The number of benzene rings is 2. The van der Waals surface area contributed by atoms with Crippen LogP contribution in [0.4, 0.5) is 0 Å². The third-order valence-electron chi connectivity index (χ3n) is 3.81. The molecule has 0 saturated carbocycles. The summed E-state index contributed by atoms with van der Waals surface area (Å²) < 4.78 is 10.4. The highest BCUT2D eigenvalue weighted by Gasteiger charge is 2.20. The van der Waals surface area contributed by atoms with Crippen molar-refractivity contribution in [2.24, 2.45) is 0 Å². The third-order valence-corrected chi connectivity index (χ3v) is 3.81. The Hall–Kier alpha value is -3.02. The first-order chi connectivity index (χ1) is 12.0. The predicted molar refractivity (Wildman–Crippen MR) is 93.1 cm³/mol. The summed E-state index contributed by atoms with van der Waals surface area (Å²) >= 11 is 0. The number of carboxylic acid groups (broad SMARTS) is 1. The van der Waals surface area contributed by atoms with Crippen LogP contribution in [0.5, 0.6) is 11.5 Å². The van der Waals surface area contributed by atoms with E-state index in [-0.39, 0.29) is 18.7 Å². The minimum absolute atomic E-state index is 0.0465. The molecule has 132 valence electrons. The molecule has 2 aromatic rings. The van der Waals surface area contributed by atoms with Gasteiger partial charge in [-0.3, -0.25) is 9.59 Å². The van der Waals surface area contributed by atoms with Crippen LogP contribution in [0.25, 0.3) is 0 Å². The highest BCUT2D eigenvalue weighted by molar-refractivity contribution is 5.97. The summed E-state index contributed by atoms with van der Waals surface area (Å²) in [7, 11) is 3.00. The van der Waals surface area contributed by atoms with Crippen molar-refractivity contribution in [2.75, 3.05) is 14.2 Å². The molecule has 0 heterocycles. The van der Waals surface area contributed by atoms with E-state index in [1.54, 1.807) is 18.2 Å². The van der Waals surface area contributed by atoms with E-state index in [4.69, 9.17) is 14.6 Å². The van der Waals surface area contributed by atoms with Crippen LogP contribution < -0.4 is 14.8 Å². The van der Waals surface area contributed by atoms with Gasteiger partial charge < -0.3 is 19.9 Å². The zero-order chi connectivity index (χ0) is 18.2. The molecule has 1 amide bonds. The smallest absolute Gasteiger partial charge is 0.303 e. The molecule has 6 nitrogen and oxygen atoms in total. The molecule has 25 heavy (non-hydrogen) atoms. The van der Waals surface area contributed by atoms with Crippen molar-refractivity contribution in [2.45, 2.75) is 18.9 Å². The number of hydrogen-bond acceptors (Lipinski definition) is 4. The lowest BCUT2D eigenvalue weighted by Gasteiger charge is -2.19. The maximum absolute atomic E-state index is 12.7. The van der Waals surface area contributed by atoms with Crippen molar-refractivity contribution in [1.29, 1.82) is 0 Å². The summed E-state index contributed by atoms with van der Waals surface area (Å²) in [5, 5.41) is 11.9. The quantitative estimate of drug-likeness (QED) is 0.769. The summed E-state index contributed by atoms with van der Waals surface area (Å²) in [5.41, 5.74) is 1.18. The van der Waals surface area contributed by atoms with Crippen LogP contribution in [-0.2, 0) is 4.79 Å². The van der Waals surface area contributed by atoms with Gasteiger partial charge in [0.2, 0.25) is 0 Å². The van der Waals surface area contributed by atoms with E-state index < -0.39 is 12.0 Å². The molecule has 0 fully saturated rings. The van der Waals surface area contributed by atoms with Gasteiger partial charge in [0.25, 0.3) is 5.91 Å². The summed E-state index contributed by atoms with van der Waals surface area (Å²) in [5.74, 6) is -0.305. The van der Waals surface area contributed by atoms with E-state index in [0.29, 0.717) is 17.1 Å².